The Bertz CT molecular complexity index is 273. The summed E-state index contributed by atoms with van der Waals surface area (Å²) in [5.74, 6) is 0. The third-order valence-corrected chi connectivity index (χ3v) is 1.74. The van der Waals surface area contributed by atoms with Crippen LogP contribution in [0.2, 0.25) is 0 Å². The lowest BCUT2D eigenvalue weighted by molar-refractivity contribution is 0.0467. The zero-order valence-corrected chi connectivity index (χ0v) is 9.92. The van der Waals surface area contributed by atoms with E-state index in [1.165, 1.54) is 0 Å². The number of nitriles is 1. The van der Waals surface area contributed by atoms with E-state index in [-0.39, 0.29) is 0 Å². The van der Waals surface area contributed by atoms with Crippen molar-refractivity contribution in [1.29, 1.82) is 5.26 Å². The fourth-order valence-electron chi connectivity index (χ4n) is 0.806. The minimum Gasteiger partial charge on any atom is -0.444 e. The van der Waals surface area contributed by atoms with Gasteiger partial charge in [0.2, 0.25) is 0 Å². The Balaban J connectivity index is 4.37. The van der Waals surface area contributed by atoms with E-state index >= 15 is 0 Å². The summed E-state index contributed by atoms with van der Waals surface area (Å²) in [7, 11) is 0. The predicted molar refractivity (Wildman–Crippen MR) is 57.0 cm³/mol. The number of carbonyl (C=O) groups excluding carboxylic acids is 1. The highest BCUT2D eigenvalue weighted by atomic mass is 16.6. The molecule has 0 spiro atoms. The van der Waals surface area contributed by atoms with Crippen LogP contribution in [-0.4, -0.2) is 23.3 Å². The number of nitrogens with zero attached hydrogens (tertiary/aromatic N) is 1. The van der Waals surface area contributed by atoms with Gasteiger partial charge in [-0.05, 0) is 34.6 Å². The highest BCUT2D eigenvalue weighted by molar-refractivity contribution is 5.68. The van der Waals surface area contributed by atoms with Gasteiger partial charge >= 0.3 is 6.09 Å². The lowest BCUT2D eigenvalue weighted by Crippen LogP contribution is -2.56. The molecule has 0 aliphatic rings. The van der Waals surface area contributed by atoms with E-state index in [1.807, 2.05) is 6.07 Å². The van der Waals surface area contributed by atoms with Crippen molar-refractivity contribution in [3.8, 4) is 6.07 Å². The largest absolute Gasteiger partial charge is 0.444 e. The molecule has 1 amide bonds. The van der Waals surface area contributed by atoms with E-state index < -0.39 is 23.3 Å². The Morgan fingerprint density at radius 1 is 1.40 bits per heavy atom. The Morgan fingerprint density at radius 3 is 2.20 bits per heavy atom. The summed E-state index contributed by atoms with van der Waals surface area (Å²) in [6.45, 7) is 8.65. The third-order valence-electron chi connectivity index (χ3n) is 1.74. The number of ether oxygens (including phenoxy) is 1. The quantitative estimate of drug-likeness (QED) is 0.720. The molecule has 0 aromatic rings. The van der Waals surface area contributed by atoms with E-state index in [9.17, 15) is 4.79 Å². The molecule has 0 aliphatic heterocycles. The molecular formula is C10H19N3O2. The Morgan fingerprint density at radius 2 is 1.87 bits per heavy atom. The molecule has 1 unspecified atom stereocenters. The van der Waals surface area contributed by atoms with Gasteiger partial charge in [0.1, 0.15) is 11.6 Å². The van der Waals surface area contributed by atoms with Crippen LogP contribution in [-0.2, 0) is 4.74 Å². The van der Waals surface area contributed by atoms with Crippen molar-refractivity contribution in [2.75, 3.05) is 0 Å². The van der Waals surface area contributed by atoms with Crippen molar-refractivity contribution >= 4 is 6.09 Å². The van der Waals surface area contributed by atoms with Crippen LogP contribution in [0.15, 0.2) is 0 Å². The average Bonchev–Trinajstić information content (AvgIpc) is 1.97. The number of nitrogens with two attached hydrogens (primary N) is 1. The third kappa shape index (κ3) is 5.23. The molecule has 0 aromatic heterocycles. The first-order valence-corrected chi connectivity index (χ1v) is 4.75. The number of alkyl carbamates (subject to hydrolysis) is 1. The van der Waals surface area contributed by atoms with E-state index in [0.29, 0.717) is 0 Å². The summed E-state index contributed by atoms with van der Waals surface area (Å²) < 4.78 is 5.05. The summed E-state index contributed by atoms with van der Waals surface area (Å²) in [6.07, 6.45) is -0.571. The molecule has 0 saturated carbocycles. The molecule has 0 heterocycles. The van der Waals surface area contributed by atoms with Crippen LogP contribution in [0.3, 0.4) is 0 Å². The van der Waals surface area contributed by atoms with Gasteiger partial charge in [0, 0.05) is 0 Å². The van der Waals surface area contributed by atoms with Crippen molar-refractivity contribution in [2.24, 2.45) is 5.73 Å². The molecule has 0 radical (unpaired) electrons. The second-order valence-corrected chi connectivity index (χ2v) is 4.96. The Kier molecular flexibility index (Phi) is 4.11. The highest BCUT2D eigenvalue weighted by Crippen LogP contribution is 2.11. The van der Waals surface area contributed by atoms with Gasteiger partial charge in [-0.25, -0.2) is 4.79 Å². The molecule has 5 nitrogen and oxygen atoms in total. The first-order chi connectivity index (χ1) is 6.58. The summed E-state index contributed by atoms with van der Waals surface area (Å²) in [6, 6.07) is 1.11. The summed E-state index contributed by atoms with van der Waals surface area (Å²) in [5, 5.41) is 11.2. The van der Waals surface area contributed by atoms with Gasteiger partial charge in [-0.15, -0.1) is 0 Å². The van der Waals surface area contributed by atoms with Gasteiger partial charge in [-0.2, -0.15) is 5.26 Å². The van der Waals surface area contributed by atoms with Gasteiger partial charge in [0.05, 0.1) is 11.6 Å². The monoisotopic (exact) mass is 213 g/mol. The van der Waals surface area contributed by atoms with Crippen LogP contribution in [0.1, 0.15) is 34.6 Å². The maximum atomic E-state index is 11.4. The number of rotatable bonds is 2. The van der Waals surface area contributed by atoms with Crippen LogP contribution >= 0.6 is 0 Å². The van der Waals surface area contributed by atoms with Gasteiger partial charge < -0.3 is 15.8 Å². The second-order valence-electron chi connectivity index (χ2n) is 4.96. The van der Waals surface area contributed by atoms with E-state index in [1.54, 1.807) is 34.6 Å². The summed E-state index contributed by atoms with van der Waals surface area (Å²) in [4.78, 5) is 11.4. The molecule has 3 N–H and O–H groups in total. The van der Waals surface area contributed by atoms with E-state index in [4.69, 9.17) is 15.7 Å². The number of amides is 1. The summed E-state index contributed by atoms with van der Waals surface area (Å²) >= 11 is 0. The standard InChI is InChI=1S/C10H19N3O2/c1-9(2,3)15-8(14)13-10(4,5)7(12)6-11/h7H,12H2,1-5H3,(H,13,14). The zero-order chi connectivity index (χ0) is 12.3. The Labute approximate surface area is 90.6 Å². The topological polar surface area (TPSA) is 88.1 Å². The Hall–Kier alpha value is -1.28. The minimum atomic E-state index is -0.808. The first kappa shape index (κ1) is 13.7. The van der Waals surface area contributed by atoms with Crippen LogP contribution in [0.4, 0.5) is 4.79 Å². The number of carbonyl (C=O) groups is 1. The normalized spacial score (nSPS) is 13.9. The molecule has 86 valence electrons. The SMILES string of the molecule is CC(C)(C)OC(=O)NC(C)(C)C(N)C#N. The molecule has 0 saturated heterocycles. The molecule has 0 aromatic carbocycles. The molecular weight excluding hydrogens is 194 g/mol. The van der Waals surface area contributed by atoms with Crippen LogP contribution in [0.25, 0.3) is 0 Å². The zero-order valence-electron chi connectivity index (χ0n) is 9.92. The molecule has 0 bridgehead atoms. The van der Waals surface area contributed by atoms with Gasteiger partial charge in [0.15, 0.2) is 0 Å². The smallest absolute Gasteiger partial charge is 0.408 e. The van der Waals surface area contributed by atoms with Crippen LogP contribution in [0.5, 0.6) is 0 Å². The number of hydrogen-bond acceptors (Lipinski definition) is 4. The van der Waals surface area contributed by atoms with Gasteiger partial charge in [-0.3, -0.25) is 0 Å². The van der Waals surface area contributed by atoms with E-state index in [0.717, 1.165) is 0 Å². The average molecular weight is 213 g/mol. The molecule has 5 heteroatoms. The van der Waals surface area contributed by atoms with Crippen molar-refractivity contribution in [3.63, 3.8) is 0 Å². The van der Waals surface area contributed by atoms with Crippen LogP contribution < -0.4 is 11.1 Å². The van der Waals surface area contributed by atoms with Crippen molar-refractivity contribution < 1.29 is 9.53 Å². The highest BCUT2D eigenvalue weighted by Gasteiger charge is 2.30. The van der Waals surface area contributed by atoms with Gasteiger partial charge in [-0.1, -0.05) is 0 Å². The van der Waals surface area contributed by atoms with Crippen molar-refractivity contribution in [2.45, 2.75) is 51.8 Å². The molecule has 0 aliphatic carbocycles. The maximum Gasteiger partial charge on any atom is 0.408 e. The summed E-state index contributed by atoms with van der Waals surface area (Å²) in [5.41, 5.74) is 4.16. The second kappa shape index (κ2) is 4.49. The molecule has 15 heavy (non-hydrogen) atoms. The predicted octanol–water partition coefficient (Wildman–Crippen LogP) is 1.14. The number of nitrogens with one attached hydrogen (secondary N) is 1. The van der Waals surface area contributed by atoms with Crippen molar-refractivity contribution in [1.82, 2.24) is 5.32 Å². The van der Waals surface area contributed by atoms with Crippen molar-refractivity contribution in [3.05, 3.63) is 0 Å². The fourth-order valence-corrected chi connectivity index (χ4v) is 0.806. The molecule has 1 atom stereocenters. The first-order valence-electron chi connectivity index (χ1n) is 4.75. The van der Waals surface area contributed by atoms with E-state index in [2.05, 4.69) is 5.32 Å². The maximum absolute atomic E-state index is 11.4. The fraction of sp³-hybridized carbons (Fsp3) is 0.800. The lowest BCUT2D eigenvalue weighted by Gasteiger charge is -2.30. The minimum absolute atomic E-state index is 0.559. The molecule has 0 fully saturated rings. The molecule has 0 rings (SSSR count). The van der Waals surface area contributed by atoms with Gasteiger partial charge in [0.25, 0.3) is 0 Å². The van der Waals surface area contributed by atoms with Crippen LogP contribution in [0, 0.1) is 11.3 Å². The number of hydrogen-bond donors (Lipinski definition) is 2. The lowest BCUT2D eigenvalue weighted by atomic mass is 9.97.